The first-order chi connectivity index (χ1) is 15.3. The molecule has 0 spiro atoms. The summed E-state index contributed by atoms with van der Waals surface area (Å²) in [6, 6.07) is 7.20. The van der Waals surface area contributed by atoms with Gasteiger partial charge in [0.25, 0.3) is 5.91 Å². The highest BCUT2D eigenvalue weighted by Crippen LogP contribution is 2.35. The zero-order chi connectivity index (χ0) is 22.7. The van der Waals surface area contributed by atoms with Gasteiger partial charge >= 0.3 is 6.09 Å². The third-order valence-electron chi connectivity index (χ3n) is 6.16. The van der Waals surface area contributed by atoms with Crippen LogP contribution in [0.15, 0.2) is 24.3 Å². The van der Waals surface area contributed by atoms with Crippen molar-refractivity contribution in [2.45, 2.75) is 76.3 Å². The minimum atomic E-state index is -0.591. The van der Waals surface area contributed by atoms with Crippen LogP contribution in [0.4, 0.5) is 4.79 Å². The van der Waals surface area contributed by atoms with Gasteiger partial charge in [-0.1, -0.05) is 18.2 Å². The van der Waals surface area contributed by atoms with Crippen molar-refractivity contribution >= 4 is 12.0 Å². The maximum absolute atomic E-state index is 13.2. The summed E-state index contributed by atoms with van der Waals surface area (Å²) in [5, 5.41) is 2.97. The van der Waals surface area contributed by atoms with Gasteiger partial charge in [0.15, 0.2) is 6.61 Å². The van der Waals surface area contributed by atoms with E-state index in [-0.39, 0.29) is 36.8 Å². The lowest BCUT2D eigenvalue weighted by molar-refractivity contribution is -0.142. The van der Waals surface area contributed by atoms with Crippen LogP contribution in [0.5, 0.6) is 5.75 Å². The van der Waals surface area contributed by atoms with E-state index >= 15 is 0 Å². The monoisotopic (exact) mass is 446 g/mol. The number of carbonyl (C=O) groups excluding carboxylic acids is 2. The second-order valence-corrected chi connectivity index (χ2v) is 9.73. The molecular formula is C24H34N2O6. The molecule has 0 saturated carbocycles. The van der Waals surface area contributed by atoms with Gasteiger partial charge < -0.3 is 29.2 Å². The number of benzene rings is 1. The minimum Gasteiger partial charge on any atom is -0.483 e. The standard InChI is InChI=1S/C24H34N2O6/c1-24(2,3)32-23(28)25-18-8-6-12-26-19(18)14-29-16-10-11-21(30-13-16)17-7-4-5-9-20(17)31-15-22(26)27/h4-5,7,9,16,18-19,21H,6,8,10-15H2,1-3H3,(H,25,28)/t16-,18?,19?,21-/m0/s1. The molecule has 4 aliphatic rings. The first-order valence-corrected chi connectivity index (χ1v) is 11.5. The summed E-state index contributed by atoms with van der Waals surface area (Å²) in [6.07, 6.45) is 2.65. The number of piperidine rings is 1. The number of hydrogen-bond donors (Lipinski definition) is 1. The maximum atomic E-state index is 13.2. The number of rotatable bonds is 1. The number of ether oxygens (including phenoxy) is 4. The molecule has 0 aliphatic carbocycles. The molecule has 2 amide bonds. The fourth-order valence-corrected chi connectivity index (χ4v) is 4.64. The van der Waals surface area contributed by atoms with Gasteiger partial charge in [0, 0.05) is 12.1 Å². The van der Waals surface area contributed by atoms with Crippen LogP contribution in [0.1, 0.15) is 58.1 Å². The molecule has 5 rings (SSSR count). The summed E-state index contributed by atoms with van der Waals surface area (Å²) < 4.78 is 23.7. The van der Waals surface area contributed by atoms with Gasteiger partial charge in [0.2, 0.25) is 0 Å². The van der Waals surface area contributed by atoms with Crippen molar-refractivity contribution in [1.29, 1.82) is 0 Å². The fraction of sp³-hybridized carbons (Fsp3) is 0.667. The summed E-state index contributed by atoms with van der Waals surface area (Å²) in [7, 11) is 0. The number of para-hydroxylation sites is 1. The van der Waals surface area contributed by atoms with Crippen molar-refractivity contribution < 1.29 is 28.5 Å². The lowest BCUT2D eigenvalue weighted by Gasteiger charge is -2.42. The van der Waals surface area contributed by atoms with Crippen LogP contribution in [-0.4, -0.2) is 67.1 Å². The summed E-state index contributed by atoms with van der Waals surface area (Å²) in [5.74, 6) is 0.568. The Hall–Kier alpha value is -2.32. The van der Waals surface area contributed by atoms with Crippen molar-refractivity contribution in [2.24, 2.45) is 0 Å². The molecule has 1 aromatic carbocycles. The van der Waals surface area contributed by atoms with E-state index in [0.717, 1.165) is 31.2 Å². The third kappa shape index (κ3) is 5.53. The van der Waals surface area contributed by atoms with Gasteiger partial charge in [-0.25, -0.2) is 4.79 Å². The van der Waals surface area contributed by atoms with Gasteiger partial charge in [-0.15, -0.1) is 0 Å². The van der Waals surface area contributed by atoms with Crippen molar-refractivity contribution in [3.8, 4) is 5.75 Å². The number of nitrogens with zero attached hydrogens (tertiary/aromatic N) is 1. The Morgan fingerprint density at radius 1 is 1.12 bits per heavy atom. The average Bonchev–Trinajstić information content (AvgIpc) is 2.76. The zero-order valence-electron chi connectivity index (χ0n) is 19.2. The molecule has 0 radical (unpaired) electrons. The lowest BCUT2D eigenvalue weighted by Crippen LogP contribution is -2.60. The molecule has 0 aromatic heterocycles. The van der Waals surface area contributed by atoms with Crippen molar-refractivity contribution in [2.75, 3.05) is 26.4 Å². The summed E-state index contributed by atoms with van der Waals surface area (Å²) in [4.78, 5) is 27.4. The van der Waals surface area contributed by atoms with Crippen LogP contribution in [0.2, 0.25) is 0 Å². The fourth-order valence-electron chi connectivity index (χ4n) is 4.64. The van der Waals surface area contributed by atoms with E-state index in [4.69, 9.17) is 18.9 Å². The Bertz CT molecular complexity index is 815. The molecule has 2 fully saturated rings. The normalized spacial score (nSPS) is 28.8. The molecule has 2 saturated heterocycles. The van der Waals surface area contributed by atoms with Crippen molar-refractivity contribution in [1.82, 2.24) is 10.2 Å². The second kappa shape index (κ2) is 9.67. The Morgan fingerprint density at radius 2 is 1.94 bits per heavy atom. The molecule has 32 heavy (non-hydrogen) atoms. The molecule has 1 N–H and O–H groups in total. The van der Waals surface area contributed by atoms with Crippen LogP contribution in [0.25, 0.3) is 0 Å². The van der Waals surface area contributed by atoms with E-state index in [9.17, 15) is 9.59 Å². The molecule has 8 heteroatoms. The minimum absolute atomic E-state index is 0.0406. The highest BCUT2D eigenvalue weighted by Gasteiger charge is 2.38. The Balaban J connectivity index is 1.54. The molecule has 176 valence electrons. The molecule has 4 heterocycles. The van der Waals surface area contributed by atoms with E-state index in [0.29, 0.717) is 25.5 Å². The smallest absolute Gasteiger partial charge is 0.407 e. The Labute approximate surface area is 189 Å². The van der Waals surface area contributed by atoms with Gasteiger partial charge in [0.05, 0.1) is 37.5 Å². The Kier molecular flexibility index (Phi) is 6.90. The van der Waals surface area contributed by atoms with E-state index in [1.54, 1.807) is 4.90 Å². The predicted octanol–water partition coefficient (Wildman–Crippen LogP) is 3.20. The number of amides is 2. The number of alkyl carbamates (subject to hydrolysis) is 1. The molecule has 2 unspecified atom stereocenters. The molecule has 1 aromatic rings. The second-order valence-electron chi connectivity index (χ2n) is 9.73. The van der Waals surface area contributed by atoms with Crippen molar-refractivity contribution in [3.05, 3.63) is 29.8 Å². The number of hydrogen-bond acceptors (Lipinski definition) is 6. The van der Waals surface area contributed by atoms with Crippen LogP contribution in [0.3, 0.4) is 0 Å². The van der Waals surface area contributed by atoms with Crippen LogP contribution < -0.4 is 10.1 Å². The Morgan fingerprint density at radius 3 is 2.69 bits per heavy atom. The summed E-state index contributed by atoms with van der Waals surface area (Å²) >= 11 is 0. The van der Waals surface area contributed by atoms with E-state index in [1.807, 2.05) is 45.0 Å². The van der Waals surface area contributed by atoms with E-state index in [2.05, 4.69) is 5.32 Å². The first kappa shape index (κ1) is 22.9. The number of nitrogens with one attached hydrogen (secondary N) is 1. The molecule has 2 bridgehead atoms. The van der Waals surface area contributed by atoms with Crippen molar-refractivity contribution in [3.63, 3.8) is 0 Å². The number of fused-ring (bicyclic) bond motifs is 5. The van der Waals surface area contributed by atoms with Gasteiger partial charge in [-0.2, -0.15) is 0 Å². The topological polar surface area (TPSA) is 86.3 Å². The summed E-state index contributed by atoms with van der Waals surface area (Å²) in [5.41, 5.74) is 0.379. The highest BCUT2D eigenvalue weighted by atomic mass is 16.6. The highest BCUT2D eigenvalue weighted by molar-refractivity contribution is 5.78. The van der Waals surface area contributed by atoms with E-state index in [1.165, 1.54) is 0 Å². The quantitative estimate of drug-likeness (QED) is 0.713. The third-order valence-corrected chi connectivity index (χ3v) is 6.16. The maximum Gasteiger partial charge on any atom is 0.407 e. The molecular weight excluding hydrogens is 412 g/mol. The van der Waals surface area contributed by atoms with Crippen LogP contribution in [0, 0.1) is 0 Å². The lowest BCUT2D eigenvalue weighted by atomic mass is 9.96. The zero-order valence-corrected chi connectivity index (χ0v) is 19.2. The largest absolute Gasteiger partial charge is 0.483 e. The molecule has 4 atom stereocenters. The van der Waals surface area contributed by atoms with E-state index < -0.39 is 11.7 Å². The van der Waals surface area contributed by atoms with Gasteiger partial charge in [0.1, 0.15) is 11.4 Å². The van der Waals surface area contributed by atoms with Gasteiger partial charge in [-0.3, -0.25) is 4.79 Å². The predicted molar refractivity (Wildman–Crippen MR) is 117 cm³/mol. The molecule has 8 nitrogen and oxygen atoms in total. The van der Waals surface area contributed by atoms with Crippen LogP contribution >= 0.6 is 0 Å². The first-order valence-electron chi connectivity index (χ1n) is 11.5. The summed E-state index contributed by atoms with van der Waals surface area (Å²) in [6.45, 7) is 6.85. The average molecular weight is 447 g/mol. The van der Waals surface area contributed by atoms with Crippen LogP contribution in [-0.2, 0) is 19.0 Å². The van der Waals surface area contributed by atoms with Gasteiger partial charge in [-0.05, 0) is 52.5 Å². The number of carbonyl (C=O) groups is 2. The SMILES string of the molecule is CC(C)(C)OC(=O)NC1CCCN2C(=O)COc3ccccc3[C@@H]3CC[C@@H](CO3)OCC12. The molecule has 4 aliphatic heterocycles.